The molecule has 1 aromatic rings. The Morgan fingerprint density at radius 1 is 1.28 bits per heavy atom. The number of thioether (sulfide) groups is 1. The fourth-order valence-electron chi connectivity index (χ4n) is 3.89. The lowest BCUT2D eigenvalue weighted by molar-refractivity contribution is 0.0283. The quantitative estimate of drug-likeness (QED) is 0.825. The Balaban J connectivity index is 1.21. The molecule has 0 radical (unpaired) electrons. The van der Waals surface area contributed by atoms with Gasteiger partial charge in [-0.3, -0.25) is 4.79 Å². The van der Waals surface area contributed by atoms with E-state index in [0.29, 0.717) is 36.4 Å². The molecule has 3 fully saturated rings. The van der Waals surface area contributed by atoms with Crippen LogP contribution in [0.1, 0.15) is 29.6 Å². The maximum Gasteiger partial charge on any atom is 0.257 e. The highest BCUT2D eigenvalue weighted by Gasteiger charge is 2.51. The van der Waals surface area contributed by atoms with Gasteiger partial charge in [0.1, 0.15) is 13.2 Å². The molecule has 1 saturated carbocycles. The van der Waals surface area contributed by atoms with Crippen LogP contribution in [0.4, 0.5) is 0 Å². The molecule has 3 heterocycles. The van der Waals surface area contributed by atoms with Crippen molar-refractivity contribution in [3.8, 4) is 11.5 Å². The van der Waals surface area contributed by atoms with E-state index < -0.39 is 0 Å². The van der Waals surface area contributed by atoms with Gasteiger partial charge in [-0.1, -0.05) is 6.07 Å². The maximum atomic E-state index is 12.9. The zero-order valence-corrected chi connectivity index (χ0v) is 15.1. The summed E-state index contributed by atoms with van der Waals surface area (Å²) in [4.78, 5) is 14.8. The number of likely N-dealkylation sites (tertiary alicyclic amines) is 1. The molecule has 3 aliphatic heterocycles. The second kappa shape index (κ2) is 6.09. The van der Waals surface area contributed by atoms with E-state index in [9.17, 15) is 4.79 Å². The number of para-hydroxylation sites is 1. The van der Waals surface area contributed by atoms with Crippen molar-refractivity contribution in [2.24, 2.45) is 5.92 Å². The van der Waals surface area contributed by atoms with Crippen LogP contribution in [-0.2, 0) is 4.74 Å². The molecule has 0 bridgehead atoms. The van der Waals surface area contributed by atoms with Crippen LogP contribution in [0.2, 0.25) is 0 Å². The Morgan fingerprint density at radius 2 is 2.12 bits per heavy atom. The summed E-state index contributed by atoms with van der Waals surface area (Å²) < 4.78 is 17.5. The highest BCUT2D eigenvalue weighted by Crippen LogP contribution is 2.47. The standard InChI is InChI=1S/C19H23NO4S/c21-18(15-2-1-3-16-17(15)23-7-6-22-16)20-11-19(12-20)8-14(10-25-19)24-9-13-4-5-13/h1-3,13-14H,4-12H2. The van der Waals surface area contributed by atoms with Crippen LogP contribution in [0, 0.1) is 5.92 Å². The second-order valence-electron chi connectivity index (χ2n) is 7.59. The van der Waals surface area contributed by atoms with E-state index in [2.05, 4.69) is 0 Å². The average Bonchev–Trinajstić information content (AvgIpc) is 3.35. The summed E-state index contributed by atoms with van der Waals surface area (Å²) in [6.45, 7) is 3.58. The SMILES string of the molecule is O=C(c1cccc2c1OCCO2)N1CC2(CC(OCC3CC3)CS2)C1. The third kappa shape index (κ3) is 2.99. The lowest BCUT2D eigenvalue weighted by atomic mass is 9.92. The summed E-state index contributed by atoms with van der Waals surface area (Å²) in [5.74, 6) is 3.20. The summed E-state index contributed by atoms with van der Waals surface area (Å²) in [6.07, 6.45) is 4.10. The predicted molar refractivity (Wildman–Crippen MR) is 95.6 cm³/mol. The average molecular weight is 361 g/mol. The number of hydrogen-bond acceptors (Lipinski definition) is 5. The molecule has 1 atom stereocenters. The number of carbonyl (C=O) groups is 1. The third-order valence-corrected chi connectivity index (χ3v) is 7.06. The second-order valence-corrected chi connectivity index (χ2v) is 9.08. The van der Waals surface area contributed by atoms with Crippen LogP contribution < -0.4 is 9.47 Å². The molecule has 134 valence electrons. The summed E-state index contributed by atoms with van der Waals surface area (Å²) in [6, 6.07) is 5.56. The van der Waals surface area contributed by atoms with E-state index in [0.717, 1.165) is 37.8 Å². The molecule has 1 aliphatic carbocycles. The van der Waals surface area contributed by atoms with Crippen molar-refractivity contribution in [3.05, 3.63) is 23.8 Å². The van der Waals surface area contributed by atoms with Crippen molar-refractivity contribution in [2.45, 2.75) is 30.1 Å². The number of amides is 1. The largest absolute Gasteiger partial charge is 0.486 e. The molecule has 1 spiro atoms. The van der Waals surface area contributed by atoms with E-state index in [-0.39, 0.29) is 10.7 Å². The van der Waals surface area contributed by atoms with Gasteiger partial charge in [-0.15, -0.1) is 11.8 Å². The minimum absolute atomic E-state index is 0.0518. The molecular weight excluding hydrogens is 338 g/mol. The van der Waals surface area contributed by atoms with E-state index in [4.69, 9.17) is 14.2 Å². The van der Waals surface area contributed by atoms with Crippen molar-refractivity contribution < 1.29 is 19.0 Å². The number of hydrogen-bond donors (Lipinski definition) is 0. The van der Waals surface area contributed by atoms with Crippen molar-refractivity contribution in [1.82, 2.24) is 4.90 Å². The molecule has 1 amide bonds. The summed E-state index contributed by atoms with van der Waals surface area (Å²) in [5, 5.41) is 0. The van der Waals surface area contributed by atoms with Gasteiger partial charge in [0.05, 0.1) is 16.4 Å². The monoisotopic (exact) mass is 361 g/mol. The number of fused-ring (bicyclic) bond motifs is 1. The van der Waals surface area contributed by atoms with Crippen molar-refractivity contribution in [1.29, 1.82) is 0 Å². The molecule has 1 aromatic carbocycles. The molecule has 5 rings (SSSR count). The van der Waals surface area contributed by atoms with E-state index >= 15 is 0 Å². The normalized spacial score (nSPS) is 26.6. The van der Waals surface area contributed by atoms with Crippen LogP contribution in [-0.4, -0.2) is 60.3 Å². The van der Waals surface area contributed by atoms with Gasteiger partial charge in [-0.25, -0.2) is 0 Å². The Hall–Kier alpha value is -1.40. The zero-order chi connectivity index (χ0) is 16.9. The first-order valence-electron chi connectivity index (χ1n) is 9.16. The lowest BCUT2D eigenvalue weighted by Crippen LogP contribution is -2.60. The van der Waals surface area contributed by atoms with Gasteiger partial charge in [0.25, 0.3) is 5.91 Å². The Bertz CT molecular complexity index is 684. The summed E-state index contributed by atoms with van der Waals surface area (Å²) in [5.41, 5.74) is 0.622. The molecule has 6 heteroatoms. The first kappa shape index (κ1) is 15.8. The number of nitrogens with zero attached hydrogens (tertiary/aromatic N) is 1. The predicted octanol–water partition coefficient (Wildman–Crippen LogP) is 2.58. The summed E-state index contributed by atoms with van der Waals surface area (Å²) in [7, 11) is 0. The fourth-order valence-corrected chi connectivity index (χ4v) is 5.44. The number of benzene rings is 1. The van der Waals surface area contributed by atoms with E-state index in [1.165, 1.54) is 12.8 Å². The topological polar surface area (TPSA) is 48.0 Å². The van der Waals surface area contributed by atoms with Crippen LogP contribution in [0.15, 0.2) is 18.2 Å². The van der Waals surface area contributed by atoms with Crippen LogP contribution in [0.3, 0.4) is 0 Å². The van der Waals surface area contributed by atoms with Gasteiger partial charge in [-0.2, -0.15) is 0 Å². The Morgan fingerprint density at radius 3 is 2.96 bits per heavy atom. The van der Waals surface area contributed by atoms with Gasteiger partial charge in [0.2, 0.25) is 0 Å². The molecular formula is C19H23NO4S. The lowest BCUT2D eigenvalue weighted by Gasteiger charge is -2.47. The minimum atomic E-state index is 0.0518. The van der Waals surface area contributed by atoms with Gasteiger partial charge >= 0.3 is 0 Å². The molecule has 0 N–H and O–H groups in total. The van der Waals surface area contributed by atoms with Gasteiger partial charge in [0.15, 0.2) is 11.5 Å². The van der Waals surface area contributed by atoms with Crippen LogP contribution in [0.5, 0.6) is 11.5 Å². The zero-order valence-electron chi connectivity index (χ0n) is 14.2. The molecule has 2 saturated heterocycles. The van der Waals surface area contributed by atoms with Gasteiger partial charge < -0.3 is 19.1 Å². The van der Waals surface area contributed by atoms with Crippen molar-refractivity contribution in [2.75, 3.05) is 38.7 Å². The number of rotatable bonds is 4. The molecule has 1 unspecified atom stereocenters. The molecule has 4 aliphatic rings. The highest BCUT2D eigenvalue weighted by molar-refractivity contribution is 8.01. The Labute approximate surface area is 152 Å². The van der Waals surface area contributed by atoms with Crippen LogP contribution >= 0.6 is 11.8 Å². The van der Waals surface area contributed by atoms with Crippen LogP contribution in [0.25, 0.3) is 0 Å². The van der Waals surface area contributed by atoms with E-state index in [1.54, 1.807) is 0 Å². The molecule has 5 nitrogen and oxygen atoms in total. The first-order valence-corrected chi connectivity index (χ1v) is 10.1. The van der Waals surface area contributed by atoms with Crippen molar-refractivity contribution in [3.63, 3.8) is 0 Å². The smallest absolute Gasteiger partial charge is 0.257 e. The van der Waals surface area contributed by atoms with E-state index in [1.807, 2.05) is 34.9 Å². The van der Waals surface area contributed by atoms with Gasteiger partial charge in [0, 0.05) is 25.4 Å². The first-order chi connectivity index (χ1) is 12.2. The minimum Gasteiger partial charge on any atom is -0.486 e. The Kier molecular flexibility index (Phi) is 3.86. The number of ether oxygens (including phenoxy) is 3. The third-order valence-electron chi connectivity index (χ3n) is 5.48. The molecule has 25 heavy (non-hydrogen) atoms. The summed E-state index contributed by atoms with van der Waals surface area (Å²) >= 11 is 1.98. The van der Waals surface area contributed by atoms with Gasteiger partial charge in [-0.05, 0) is 37.3 Å². The number of carbonyl (C=O) groups excluding carboxylic acids is 1. The highest BCUT2D eigenvalue weighted by atomic mass is 32.2. The maximum absolute atomic E-state index is 12.9. The molecule has 0 aromatic heterocycles. The van der Waals surface area contributed by atoms with Crippen molar-refractivity contribution >= 4 is 17.7 Å². The fraction of sp³-hybridized carbons (Fsp3) is 0.632.